The molecule has 10 heteroatoms. The Hall–Kier alpha value is -3.85. The third-order valence-corrected chi connectivity index (χ3v) is 5.92. The number of piperazine rings is 1. The Morgan fingerprint density at radius 3 is 2.61 bits per heavy atom. The lowest BCUT2D eigenvalue weighted by Gasteiger charge is -2.35. The molecule has 2 aromatic heterocycles. The van der Waals surface area contributed by atoms with E-state index in [4.69, 9.17) is 17.3 Å². The molecule has 0 radical (unpaired) electrons. The fraction of sp³-hybridized carbons (Fsp3) is 0.217. The summed E-state index contributed by atoms with van der Waals surface area (Å²) in [5.74, 6) is 1.42. The normalized spacial score (nSPS) is 14.1. The van der Waals surface area contributed by atoms with E-state index in [1.165, 1.54) is 0 Å². The van der Waals surface area contributed by atoms with Crippen LogP contribution in [0.1, 0.15) is 5.56 Å². The topological polar surface area (TPSA) is 124 Å². The molecule has 2 aromatic carbocycles. The van der Waals surface area contributed by atoms with Crippen molar-refractivity contribution in [2.45, 2.75) is 6.42 Å². The van der Waals surface area contributed by atoms with E-state index in [2.05, 4.69) is 24.8 Å². The number of carbonyl (C=O) groups is 1. The van der Waals surface area contributed by atoms with Crippen molar-refractivity contribution in [3.05, 3.63) is 59.1 Å². The van der Waals surface area contributed by atoms with Gasteiger partial charge in [-0.25, -0.2) is 4.98 Å². The molecule has 0 bridgehead atoms. The minimum absolute atomic E-state index is 0.0626. The number of nitrogens with one attached hydrogen (secondary N) is 1. The number of phenols is 1. The Bertz CT molecular complexity index is 1330. The zero-order valence-electron chi connectivity index (χ0n) is 17.7. The molecule has 1 amide bonds. The highest BCUT2D eigenvalue weighted by Crippen LogP contribution is 2.31. The molecule has 1 aliphatic rings. The monoisotopic (exact) mass is 463 g/mol. The van der Waals surface area contributed by atoms with Crippen LogP contribution in [0.4, 0.5) is 11.8 Å². The summed E-state index contributed by atoms with van der Waals surface area (Å²) in [7, 11) is 0. The maximum absolute atomic E-state index is 12.8. The van der Waals surface area contributed by atoms with Gasteiger partial charge in [-0.2, -0.15) is 9.97 Å². The smallest absolute Gasteiger partial charge is 0.227 e. The predicted molar refractivity (Wildman–Crippen MR) is 127 cm³/mol. The van der Waals surface area contributed by atoms with Gasteiger partial charge in [0.15, 0.2) is 11.5 Å². The molecule has 4 N–H and O–H groups in total. The summed E-state index contributed by atoms with van der Waals surface area (Å²) >= 11 is 6.04. The number of nitrogens with zero attached hydrogens (tertiary/aromatic N) is 5. The highest BCUT2D eigenvalue weighted by molar-refractivity contribution is 6.30. The number of H-pyrrole nitrogens is 1. The largest absolute Gasteiger partial charge is 0.507 e. The number of fused-ring (bicyclic) bond motifs is 1. The fourth-order valence-electron chi connectivity index (χ4n) is 4.03. The summed E-state index contributed by atoms with van der Waals surface area (Å²) in [6, 6.07) is 14.3. The number of benzene rings is 2. The van der Waals surface area contributed by atoms with Crippen molar-refractivity contribution in [1.82, 2.24) is 24.8 Å². The Balaban J connectivity index is 1.35. The third-order valence-electron chi connectivity index (χ3n) is 5.68. The van der Waals surface area contributed by atoms with Gasteiger partial charge in [0.05, 0.1) is 12.0 Å². The van der Waals surface area contributed by atoms with Crippen molar-refractivity contribution >= 4 is 40.4 Å². The number of anilines is 2. The summed E-state index contributed by atoms with van der Waals surface area (Å²) in [5.41, 5.74) is 8.49. The van der Waals surface area contributed by atoms with Crippen molar-refractivity contribution in [1.29, 1.82) is 0 Å². The maximum atomic E-state index is 12.8. The number of halogens is 1. The first-order chi connectivity index (χ1) is 16.0. The zero-order chi connectivity index (χ0) is 22.9. The number of aromatic amines is 1. The average molecular weight is 464 g/mol. The number of hydrogen-bond donors (Lipinski definition) is 3. The summed E-state index contributed by atoms with van der Waals surface area (Å²) < 4.78 is 0. The molecule has 9 nitrogen and oxygen atoms in total. The van der Waals surface area contributed by atoms with E-state index < -0.39 is 0 Å². The van der Waals surface area contributed by atoms with Gasteiger partial charge in [0, 0.05) is 31.2 Å². The van der Waals surface area contributed by atoms with E-state index in [0.29, 0.717) is 66.0 Å². The first-order valence-electron chi connectivity index (χ1n) is 10.6. The minimum Gasteiger partial charge on any atom is -0.507 e. The van der Waals surface area contributed by atoms with E-state index in [0.717, 1.165) is 5.56 Å². The highest BCUT2D eigenvalue weighted by Gasteiger charge is 2.25. The number of rotatable bonds is 4. The lowest BCUT2D eigenvalue weighted by Crippen LogP contribution is -2.49. The van der Waals surface area contributed by atoms with Gasteiger partial charge in [-0.05, 0) is 29.8 Å². The van der Waals surface area contributed by atoms with Crippen LogP contribution in [-0.2, 0) is 11.2 Å². The average Bonchev–Trinajstić information content (AvgIpc) is 3.22. The van der Waals surface area contributed by atoms with Gasteiger partial charge in [-0.15, -0.1) is 0 Å². The fourth-order valence-corrected chi connectivity index (χ4v) is 4.24. The van der Waals surface area contributed by atoms with Crippen molar-refractivity contribution in [2.75, 3.05) is 36.8 Å². The number of para-hydroxylation sites is 1. The van der Waals surface area contributed by atoms with Crippen molar-refractivity contribution in [2.24, 2.45) is 0 Å². The molecule has 1 fully saturated rings. The van der Waals surface area contributed by atoms with Gasteiger partial charge >= 0.3 is 0 Å². The first-order valence-corrected chi connectivity index (χ1v) is 10.9. The Morgan fingerprint density at radius 2 is 1.85 bits per heavy atom. The third kappa shape index (κ3) is 4.27. The van der Waals surface area contributed by atoms with E-state index >= 15 is 0 Å². The molecule has 3 heterocycles. The Labute approximate surface area is 194 Å². The number of phenolic OH excluding ortho intramolecular Hbond substituents is 1. The summed E-state index contributed by atoms with van der Waals surface area (Å²) in [6.45, 7) is 2.31. The summed E-state index contributed by atoms with van der Waals surface area (Å²) in [5, 5.41) is 10.8. The predicted octanol–water partition coefficient (Wildman–Crippen LogP) is 2.85. The molecule has 4 aromatic rings. The molecule has 33 heavy (non-hydrogen) atoms. The number of carbonyl (C=O) groups excluding carboxylic acids is 1. The van der Waals surface area contributed by atoms with Gasteiger partial charge < -0.3 is 25.6 Å². The molecule has 5 rings (SSSR count). The van der Waals surface area contributed by atoms with E-state index in [1.54, 1.807) is 24.3 Å². The minimum atomic E-state index is 0.0626. The van der Waals surface area contributed by atoms with Crippen LogP contribution in [0.25, 0.3) is 22.6 Å². The molecular formula is C23H22ClN7O2. The van der Waals surface area contributed by atoms with Crippen LogP contribution >= 0.6 is 11.6 Å². The zero-order valence-corrected chi connectivity index (χ0v) is 18.5. The summed E-state index contributed by atoms with van der Waals surface area (Å²) in [6.07, 6.45) is 0.315. The Kier molecular flexibility index (Phi) is 5.47. The number of aromatic hydroxyl groups is 1. The highest BCUT2D eigenvalue weighted by atomic mass is 35.5. The molecule has 168 valence electrons. The molecule has 0 saturated carbocycles. The number of amides is 1. The van der Waals surface area contributed by atoms with Crippen LogP contribution < -0.4 is 10.6 Å². The van der Waals surface area contributed by atoms with E-state index in [1.807, 2.05) is 29.2 Å². The lowest BCUT2D eigenvalue weighted by atomic mass is 10.1. The SMILES string of the molecule is Nc1nc(N2CCN(C(=O)Cc3cccc(Cl)c3)CC2)c2[nH]c(-c3ccccc3O)nc2n1. The molecule has 1 saturated heterocycles. The molecule has 0 atom stereocenters. The number of aromatic nitrogens is 4. The second kappa shape index (κ2) is 8.59. The van der Waals surface area contributed by atoms with Gasteiger partial charge in [0.25, 0.3) is 0 Å². The summed E-state index contributed by atoms with van der Waals surface area (Å²) in [4.78, 5) is 33.1. The number of nitrogens with two attached hydrogens (primary N) is 1. The molecule has 1 aliphatic heterocycles. The van der Waals surface area contributed by atoms with Crippen LogP contribution in [-0.4, -0.2) is 62.0 Å². The van der Waals surface area contributed by atoms with Gasteiger partial charge in [0.2, 0.25) is 11.9 Å². The van der Waals surface area contributed by atoms with Crippen molar-refractivity contribution in [3.8, 4) is 17.1 Å². The van der Waals surface area contributed by atoms with Gasteiger partial charge in [-0.3, -0.25) is 4.79 Å². The first kappa shape index (κ1) is 21.0. The standard InChI is InChI=1S/C23H22ClN7O2/c24-15-5-3-4-14(12-15)13-18(33)30-8-10-31(11-9-30)22-19-21(28-23(25)29-22)27-20(26-19)16-6-1-2-7-17(16)32/h1-7,12,32H,8-11,13H2,(H3,25,26,27,28,29). The molecule has 0 aliphatic carbocycles. The number of imidazole rings is 1. The number of hydrogen-bond acceptors (Lipinski definition) is 7. The second-order valence-electron chi connectivity index (χ2n) is 7.88. The quantitative estimate of drug-likeness (QED) is 0.425. The van der Waals surface area contributed by atoms with E-state index in [-0.39, 0.29) is 17.6 Å². The van der Waals surface area contributed by atoms with E-state index in [9.17, 15) is 9.90 Å². The van der Waals surface area contributed by atoms with Crippen LogP contribution in [0, 0.1) is 0 Å². The van der Waals surface area contributed by atoms with Crippen LogP contribution in [0.15, 0.2) is 48.5 Å². The second-order valence-corrected chi connectivity index (χ2v) is 8.32. The number of nitrogen functional groups attached to an aromatic ring is 1. The van der Waals surface area contributed by atoms with Crippen LogP contribution in [0.3, 0.4) is 0 Å². The maximum Gasteiger partial charge on any atom is 0.227 e. The lowest BCUT2D eigenvalue weighted by molar-refractivity contribution is -0.130. The molecule has 0 spiro atoms. The Morgan fingerprint density at radius 1 is 1.06 bits per heavy atom. The van der Waals surface area contributed by atoms with Gasteiger partial charge in [-0.1, -0.05) is 35.9 Å². The van der Waals surface area contributed by atoms with Crippen molar-refractivity contribution in [3.63, 3.8) is 0 Å². The van der Waals surface area contributed by atoms with Crippen LogP contribution in [0.5, 0.6) is 5.75 Å². The molecule has 0 unspecified atom stereocenters. The molecular weight excluding hydrogens is 442 g/mol. The van der Waals surface area contributed by atoms with Crippen molar-refractivity contribution < 1.29 is 9.90 Å². The van der Waals surface area contributed by atoms with Crippen LogP contribution in [0.2, 0.25) is 5.02 Å². The van der Waals surface area contributed by atoms with Gasteiger partial charge in [0.1, 0.15) is 17.1 Å².